The summed E-state index contributed by atoms with van der Waals surface area (Å²) < 4.78 is 75.4. The van der Waals surface area contributed by atoms with E-state index in [1.54, 1.807) is 0 Å². The average Bonchev–Trinajstić information content (AvgIpc) is 1.61. The van der Waals surface area contributed by atoms with Crippen LogP contribution in [0.4, 0.5) is 0 Å². The summed E-state index contributed by atoms with van der Waals surface area (Å²) >= 11 is 0. The zero-order valence-electron chi connectivity index (χ0n) is 94.9. The van der Waals surface area contributed by atoms with Crippen molar-refractivity contribution in [1.29, 1.82) is 0 Å². The summed E-state index contributed by atoms with van der Waals surface area (Å²) in [4.78, 5) is 120. The molecule has 0 unspecified atom stereocenters. The summed E-state index contributed by atoms with van der Waals surface area (Å²) in [5.74, 6) is -7.50. The lowest BCUT2D eigenvalue weighted by Gasteiger charge is -2.46. The predicted molar refractivity (Wildman–Crippen MR) is 588 cm³/mol. The maximum absolute atomic E-state index is 15.4. The molecular weight excluding hydrogens is 1790 g/mol. The Morgan fingerprint density at radius 2 is 0.357 bits per heavy atom. The number of esters is 8. The molecule has 0 saturated carbocycles. The SMILES string of the molecule is CCCCCCCCCCCCCC(=O)OC[C@H]1O[C@@](COC(=O)CCCCCCCCCCCCC)(O[C@H]2O[C@H](COC(=O)CCCCCCCCCCCCC)[C@@H](OC(=O)CCCCCCCCCCCCC)[C@H](OC(=O)CCCCCCCCCCCCC)[C@H]2OC(=O)CCCCCCCCCCCCC)[C@@H](OC(=O)CCCCCCCCCCCCC)[C@@H]1OC(=O)CCCCCCCCCCCCC. The van der Waals surface area contributed by atoms with E-state index in [-0.39, 0.29) is 51.4 Å². The van der Waals surface area contributed by atoms with Crippen molar-refractivity contribution in [2.24, 2.45) is 0 Å². The Labute approximate surface area is 879 Å². The van der Waals surface area contributed by atoms with Crippen molar-refractivity contribution in [3.63, 3.8) is 0 Å². The summed E-state index contributed by atoms with van der Waals surface area (Å²) in [5, 5.41) is 0. The van der Waals surface area contributed by atoms with E-state index < -0.39 is 122 Å². The molecule has 2 heterocycles. The lowest BCUT2D eigenvalue weighted by Crippen LogP contribution is -2.66. The van der Waals surface area contributed by atoms with Crippen LogP contribution in [0.2, 0.25) is 0 Å². The van der Waals surface area contributed by atoms with Gasteiger partial charge in [0.2, 0.25) is 12.1 Å². The molecule has 19 nitrogen and oxygen atoms in total. The Morgan fingerprint density at radius 1 is 0.182 bits per heavy atom. The highest BCUT2D eigenvalue weighted by Crippen LogP contribution is 2.43. The second-order valence-corrected chi connectivity index (χ2v) is 43.7. The first-order chi connectivity index (χ1) is 70.1. The Balaban J connectivity index is 3.22. The van der Waals surface area contributed by atoms with Gasteiger partial charge in [-0.05, 0) is 51.4 Å². The number of carbonyl (C=O) groups is 8. The van der Waals surface area contributed by atoms with Crippen molar-refractivity contribution in [1.82, 2.24) is 0 Å². The number of rotatable bonds is 109. The standard InChI is InChI=1S/C124H230O19/c1-9-17-25-33-41-49-57-65-73-81-89-97-110(125)133-105-108-118(137-113(128)100-92-84-76-68-60-52-44-36-28-20-12-4)120(139-115(130)102-94-86-78-70-62-54-46-38-30-22-14-6)121(140-116(131)103-95-87-79-71-63-55-47-39-31-23-15-7)123(136-108)143-124(107-135-112(127)99-91-83-75-67-59-51-43-35-27-19-11-3)122(141-117(132)104-96-88-80-72-64-56-48-40-32-24-16-8)119(138-114(129)101-93-85-77-69-61-53-45-37-29-21-13-5)109(142-124)106-134-111(126)98-90-82-74-66-58-50-42-34-26-18-10-2/h108-109,118-123H,9-107H2,1-8H3/t108-,109-,118-,119-,120+,121-,122+,123-,124+/m1/s1. The van der Waals surface area contributed by atoms with Crippen LogP contribution in [-0.4, -0.2) is 122 Å². The topological polar surface area (TPSA) is 238 Å². The van der Waals surface area contributed by atoms with Gasteiger partial charge in [-0.2, -0.15) is 0 Å². The number of hydrogen-bond acceptors (Lipinski definition) is 19. The van der Waals surface area contributed by atoms with Gasteiger partial charge in [-0.1, -0.05) is 569 Å². The molecule has 2 aliphatic rings. The number of carbonyl (C=O) groups excluding carboxylic acids is 8. The van der Waals surface area contributed by atoms with Gasteiger partial charge in [0.25, 0.3) is 0 Å². The lowest BCUT2D eigenvalue weighted by molar-refractivity contribution is -0.384. The molecule has 2 rings (SSSR count). The third-order valence-electron chi connectivity index (χ3n) is 29.8. The van der Waals surface area contributed by atoms with Crippen LogP contribution in [0.1, 0.15) is 672 Å². The van der Waals surface area contributed by atoms with Crippen molar-refractivity contribution in [3.8, 4) is 0 Å². The molecule has 2 fully saturated rings. The lowest BCUT2D eigenvalue weighted by atomic mass is 9.97. The number of hydrogen-bond donors (Lipinski definition) is 0. The van der Waals surface area contributed by atoms with Crippen molar-refractivity contribution in [3.05, 3.63) is 0 Å². The Bertz CT molecular complexity index is 2890. The zero-order chi connectivity index (χ0) is 104. The minimum absolute atomic E-state index is 0.0000830. The highest BCUT2D eigenvalue weighted by atomic mass is 16.8. The molecule has 0 radical (unpaired) electrons. The molecule has 0 aliphatic carbocycles. The van der Waals surface area contributed by atoms with E-state index in [2.05, 4.69) is 55.4 Å². The molecule has 0 aromatic heterocycles. The summed E-state index contributed by atoms with van der Waals surface area (Å²) in [6.07, 6.45) is 79.9. The number of ether oxygens (including phenoxy) is 11. The van der Waals surface area contributed by atoms with Gasteiger partial charge in [0, 0.05) is 51.4 Å². The van der Waals surface area contributed by atoms with E-state index in [1.807, 2.05) is 0 Å². The van der Waals surface area contributed by atoms with Gasteiger partial charge in [-0.3, -0.25) is 38.4 Å². The minimum Gasteiger partial charge on any atom is -0.463 e. The van der Waals surface area contributed by atoms with Crippen LogP contribution in [0.5, 0.6) is 0 Å². The van der Waals surface area contributed by atoms with Crippen LogP contribution in [0.3, 0.4) is 0 Å². The van der Waals surface area contributed by atoms with Crippen molar-refractivity contribution in [2.45, 2.75) is 727 Å². The van der Waals surface area contributed by atoms with Crippen molar-refractivity contribution < 1.29 is 90.5 Å². The van der Waals surface area contributed by atoms with Crippen molar-refractivity contribution >= 4 is 47.8 Å². The van der Waals surface area contributed by atoms with E-state index in [4.69, 9.17) is 52.1 Å². The van der Waals surface area contributed by atoms with Gasteiger partial charge >= 0.3 is 47.8 Å². The summed E-state index contributed by atoms with van der Waals surface area (Å²) in [7, 11) is 0. The second-order valence-electron chi connectivity index (χ2n) is 43.7. The maximum atomic E-state index is 15.4. The first kappa shape index (κ1) is 135. The molecule has 9 atom stereocenters. The van der Waals surface area contributed by atoms with Crippen molar-refractivity contribution in [2.75, 3.05) is 19.8 Å². The fraction of sp³-hybridized carbons (Fsp3) is 0.935. The second kappa shape index (κ2) is 101. The highest BCUT2D eigenvalue weighted by Gasteiger charge is 2.65. The highest BCUT2D eigenvalue weighted by molar-refractivity contribution is 5.73. The first-order valence-corrected chi connectivity index (χ1v) is 62.6. The molecule has 143 heavy (non-hydrogen) atoms. The fourth-order valence-corrected chi connectivity index (χ4v) is 20.5. The van der Waals surface area contributed by atoms with E-state index in [9.17, 15) is 14.4 Å². The van der Waals surface area contributed by atoms with Crippen LogP contribution in [0.15, 0.2) is 0 Å². The first-order valence-electron chi connectivity index (χ1n) is 62.6. The van der Waals surface area contributed by atoms with E-state index >= 15 is 24.0 Å². The number of unbranched alkanes of at least 4 members (excludes halogenated alkanes) is 80. The smallest absolute Gasteiger partial charge is 0.306 e. The Hall–Kier alpha value is -4.36. The van der Waals surface area contributed by atoms with Crippen LogP contribution >= 0.6 is 0 Å². The van der Waals surface area contributed by atoms with E-state index in [1.165, 1.54) is 276 Å². The summed E-state index contributed by atoms with van der Waals surface area (Å²) in [5.41, 5.74) is 0. The van der Waals surface area contributed by atoms with E-state index in [0.29, 0.717) is 51.4 Å². The third kappa shape index (κ3) is 78.5. The van der Waals surface area contributed by atoms with E-state index in [0.717, 1.165) is 238 Å². The van der Waals surface area contributed by atoms with Crippen LogP contribution in [-0.2, 0) is 90.5 Å². The Kier molecular flexibility index (Phi) is 95.0. The molecule has 2 aliphatic heterocycles. The molecule has 0 spiro atoms. The van der Waals surface area contributed by atoms with Crippen LogP contribution in [0.25, 0.3) is 0 Å². The minimum atomic E-state index is -2.57. The average molecular weight is 2030 g/mol. The summed E-state index contributed by atoms with van der Waals surface area (Å²) in [6.45, 7) is 16.0. The molecule has 0 aromatic rings. The quantitative estimate of drug-likeness (QED) is 0.0312. The molecule has 840 valence electrons. The molecule has 0 N–H and O–H groups in total. The maximum Gasteiger partial charge on any atom is 0.306 e. The van der Waals surface area contributed by atoms with Gasteiger partial charge in [0.15, 0.2) is 30.5 Å². The van der Waals surface area contributed by atoms with Crippen LogP contribution < -0.4 is 0 Å². The fourth-order valence-electron chi connectivity index (χ4n) is 20.5. The molecule has 2 saturated heterocycles. The molecule has 0 bridgehead atoms. The zero-order valence-corrected chi connectivity index (χ0v) is 94.9. The normalized spacial score (nSPS) is 17.8. The summed E-state index contributed by atoms with van der Waals surface area (Å²) in [6, 6.07) is 0. The largest absolute Gasteiger partial charge is 0.463 e. The van der Waals surface area contributed by atoms with Gasteiger partial charge < -0.3 is 52.1 Å². The third-order valence-corrected chi connectivity index (χ3v) is 29.8. The molecule has 0 amide bonds. The van der Waals surface area contributed by atoms with Gasteiger partial charge in [0.1, 0.15) is 32.0 Å². The molecule has 0 aromatic carbocycles. The molecule has 19 heteroatoms. The van der Waals surface area contributed by atoms with Crippen LogP contribution in [0, 0.1) is 0 Å². The van der Waals surface area contributed by atoms with Gasteiger partial charge in [-0.25, -0.2) is 0 Å². The monoisotopic (exact) mass is 2020 g/mol. The molecular formula is C124H230O19. The van der Waals surface area contributed by atoms with Gasteiger partial charge in [0.05, 0.1) is 0 Å². The predicted octanol–water partition coefficient (Wildman–Crippen LogP) is 36.6. The van der Waals surface area contributed by atoms with Gasteiger partial charge in [-0.15, -0.1) is 0 Å². The Morgan fingerprint density at radius 3 is 0.587 bits per heavy atom.